The number of hydrogen-bond acceptors (Lipinski definition) is 28. The molecule has 0 aromatic heterocycles. The van der Waals surface area contributed by atoms with Crippen LogP contribution in [0.2, 0.25) is 0 Å². The van der Waals surface area contributed by atoms with Gasteiger partial charge in [-0.05, 0) is 38.5 Å². The zero-order chi connectivity index (χ0) is 65.5. The molecule has 0 bridgehead atoms. The Bertz CT molecular complexity index is 1830. The van der Waals surface area contributed by atoms with Gasteiger partial charge in [0.1, 0.15) is 12.1 Å². The summed E-state index contributed by atoms with van der Waals surface area (Å²) in [6.07, 6.45) is -3.14. The molecule has 0 radical (unpaired) electrons. The molecule has 40 heteroatoms. The maximum absolute atomic E-state index is 12.5. The molecule has 2 heterocycles. The van der Waals surface area contributed by atoms with Crippen LogP contribution >= 0.6 is 0 Å². The minimum Gasteiger partial charge on any atom is -0.550 e. The summed E-state index contributed by atoms with van der Waals surface area (Å²) in [5.41, 5.74) is 0. The molecule has 2 fully saturated rings. The Hall–Kier alpha value is -4.45. The number of hydrogen-bond donors (Lipinski definition) is 8. The third-order valence-corrected chi connectivity index (χ3v) is 12.4. The summed E-state index contributed by atoms with van der Waals surface area (Å²) in [7, 11) is 0. The zero-order valence-corrected chi connectivity index (χ0v) is 53.1. The van der Waals surface area contributed by atoms with Crippen LogP contribution in [-0.2, 0) is 95.4 Å². The van der Waals surface area contributed by atoms with Crippen LogP contribution in [0.4, 0.5) is 0 Å². The van der Waals surface area contributed by atoms with Crippen molar-refractivity contribution in [2.75, 3.05) is 184 Å². The fourth-order valence-corrected chi connectivity index (χ4v) is 7.76. The van der Waals surface area contributed by atoms with E-state index in [9.17, 15) is 88.2 Å². The fourth-order valence-electron chi connectivity index (χ4n) is 7.76. The van der Waals surface area contributed by atoms with Crippen molar-refractivity contribution in [1.82, 2.24) is 40.9 Å². The number of nitrogens with one attached hydrogen (secondary N) is 4. The van der Waals surface area contributed by atoms with Gasteiger partial charge in [0.15, 0.2) is 0 Å². The molecule has 36 nitrogen and oxygen atoms in total. The van der Waals surface area contributed by atoms with Gasteiger partial charge in [-0.3, -0.25) is 48.4 Å². The molecule has 0 aromatic carbocycles. The van der Waals surface area contributed by atoms with Crippen molar-refractivity contribution < 1.29 is 212 Å². The van der Waals surface area contributed by atoms with Crippen LogP contribution in [0.25, 0.3) is 0 Å². The molecular formula is C52H84Li4N8O28. The van der Waals surface area contributed by atoms with Crippen molar-refractivity contribution in [2.24, 2.45) is 0 Å². The summed E-state index contributed by atoms with van der Waals surface area (Å²) in [5, 5.41) is 89.1. The first-order valence-electron chi connectivity index (χ1n) is 28.3. The summed E-state index contributed by atoms with van der Waals surface area (Å²) < 4.78 is 44.5. The van der Waals surface area contributed by atoms with Crippen molar-refractivity contribution in [1.29, 1.82) is 0 Å². The Morgan fingerprint density at radius 1 is 0.304 bits per heavy atom. The molecule has 2 saturated heterocycles. The number of amides is 4. The second-order valence-corrected chi connectivity index (χ2v) is 19.5. The largest absolute Gasteiger partial charge is 1.00 e. The molecule has 8 N–H and O–H groups in total. The SMILES string of the molecule is O=C([O-])CCC(NC(=O)CN1CCOCCOCCN(CC(=O)NC(CCC(=O)O)C(=O)O)CCOCCOCC1)C(=O)[O-].O=C([O-])CCC(NC(=O)CN1CCOCCOCCN(CC(=O)NC(CCC(=O)O)C(=O)O)CCOCCOCC1)C(=O)[O-].[Li+].[Li+].[Li+].[Li+]. The van der Waals surface area contributed by atoms with E-state index < -0.39 is 121 Å². The Labute approximate surface area is 580 Å². The number of aliphatic carboxylic acids is 8. The number of ether oxygens (including phenoxy) is 8. The molecular weight excluding hydrogens is 1210 g/mol. The van der Waals surface area contributed by atoms with E-state index in [1.54, 1.807) is 19.6 Å². The van der Waals surface area contributed by atoms with Crippen molar-refractivity contribution in [3.05, 3.63) is 0 Å². The Balaban J connectivity index is -0.000000807. The summed E-state index contributed by atoms with van der Waals surface area (Å²) >= 11 is 0. The van der Waals surface area contributed by atoms with Gasteiger partial charge in [0.2, 0.25) is 23.6 Å². The van der Waals surface area contributed by atoms with E-state index in [0.29, 0.717) is 52.4 Å². The van der Waals surface area contributed by atoms with E-state index in [-0.39, 0.29) is 233 Å². The average molecular weight is 1300 g/mol. The molecule has 4 unspecified atom stereocenters. The van der Waals surface area contributed by atoms with Crippen molar-refractivity contribution >= 4 is 71.4 Å². The first kappa shape index (κ1) is 93.9. The van der Waals surface area contributed by atoms with E-state index >= 15 is 0 Å². The molecule has 2 aliphatic rings. The van der Waals surface area contributed by atoms with Crippen molar-refractivity contribution in [3.8, 4) is 0 Å². The quantitative estimate of drug-likeness (QED) is 0.0337. The third-order valence-electron chi connectivity index (χ3n) is 12.4. The van der Waals surface area contributed by atoms with Gasteiger partial charge in [-0.2, -0.15) is 0 Å². The number of nitrogens with zero attached hydrogens (tertiary/aromatic N) is 4. The summed E-state index contributed by atoms with van der Waals surface area (Å²) in [6.45, 7) is 5.35. The Morgan fingerprint density at radius 3 is 0.652 bits per heavy atom. The molecule has 0 spiro atoms. The summed E-state index contributed by atoms with van der Waals surface area (Å²) in [4.78, 5) is 145. The van der Waals surface area contributed by atoms with E-state index in [4.69, 9.17) is 48.1 Å². The molecule has 4 amide bonds. The number of carbonyl (C=O) groups excluding carboxylic acids is 8. The van der Waals surface area contributed by atoms with E-state index in [0.717, 1.165) is 0 Å². The van der Waals surface area contributed by atoms with E-state index in [2.05, 4.69) is 21.3 Å². The van der Waals surface area contributed by atoms with Gasteiger partial charge in [-0.15, -0.1) is 0 Å². The van der Waals surface area contributed by atoms with E-state index in [1.165, 1.54) is 0 Å². The van der Waals surface area contributed by atoms with Crippen LogP contribution in [-0.4, -0.2) is 320 Å². The smallest absolute Gasteiger partial charge is 0.550 e. The van der Waals surface area contributed by atoms with Crippen LogP contribution in [0, 0.1) is 0 Å². The topological polar surface area (TPSA) is 513 Å². The van der Waals surface area contributed by atoms with Gasteiger partial charge < -0.3 is 119 Å². The maximum Gasteiger partial charge on any atom is 1.00 e. The minimum atomic E-state index is -1.60. The van der Waals surface area contributed by atoms with Crippen LogP contribution in [0.1, 0.15) is 51.4 Å². The second-order valence-electron chi connectivity index (χ2n) is 19.5. The van der Waals surface area contributed by atoms with Gasteiger partial charge in [-0.25, -0.2) is 9.59 Å². The summed E-state index contributed by atoms with van der Waals surface area (Å²) in [6, 6.07) is -5.60. The molecule has 2 aliphatic heterocycles. The molecule has 504 valence electrons. The van der Waals surface area contributed by atoms with Crippen LogP contribution in [0.15, 0.2) is 0 Å². The zero-order valence-electron chi connectivity index (χ0n) is 53.1. The van der Waals surface area contributed by atoms with Crippen LogP contribution < -0.4 is 117 Å². The van der Waals surface area contributed by atoms with Gasteiger partial charge in [0.25, 0.3) is 0 Å². The fraction of sp³-hybridized carbons (Fsp3) is 0.769. The second kappa shape index (κ2) is 59.1. The van der Waals surface area contributed by atoms with Crippen LogP contribution in [0.5, 0.6) is 0 Å². The number of carboxylic acids is 8. The number of carboxylic acid groups (broad SMARTS) is 8. The molecule has 0 aliphatic carbocycles. The van der Waals surface area contributed by atoms with Crippen molar-refractivity contribution in [3.63, 3.8) is 0 Å². The van der Waals surface area contributed by atoms with Crippen LogP contribution in [0.3, 0.4) is 0 Å². The normalized spacial score (nSPS) is 17.7. The predicted molar refractivity (Wildman–Crippen MR) is 288 cm³/mol. The Morgan fingerprint density at radius 2 is 0.489 bits per heavy atom. The Kier molecular flexibility index (Phi) is 60.3. The molecule has 4 atom stereocenters. The molecule has 0 saturated carbocycles. The first-order chi connectivity index (χ1) is 41.9. The first-order valence-corrected chi connectivity index (χ1v) is 28.3. The maximum atomic E-state index is 12.5. The van der Waals surface area contributed by atoms with Gasteiger partial charge in [-0.1, -0.05) is 0 Å². The third kappa shape index (κ3) is 52.9. The minimum absolute atomic E-state index is 0. The summed E-state index contributed by atoms with van der Waals surface area (Å²) in [5.74, 6) is -13.5. The monoisotopic (exact) mass is 1300 g/mol. The average Bonchev–Trinajstić information content (AvgIpc) is 2.54. The molecule has 0 aromatic rings. The predicted octanol–water partition coefficient (Wildman–Crippen LogP) is -22.2. The van der Waals surface area contributed by atoms with Gasteiger partial charge in [0, 0.05) is 77.1 Å². The molecule has 92 heavy (non-hydrogen) atoms. The van der Waals surface area contributed by atoms with Gasteiger partial charge >= 0.3 is 99.3 Å². The van der Waals surface area contributed by atoms with E-state index in [1.807, 2.05) is 0 Å². The number of rotatable bonds is 28. The standard InChI is InChI=1S/2C26H44N4O14.4Li/c2*31-21(27-19(25(37)38)1-3-23(33)34)17-29-5-9-41-13-15-43-11-7-30(8-12-44-16-14-42-10-6-29)18-22(32)28-20(26(39)40)2-4-24(35)36;;;;/h2*19-20H,1-18H2,(H,27,31)(H,28,32)(H,33,34)(H,35,36)(H,37,38)(H,39,40);;;;/q;;4*+1/p-4. The number of carbonyl (C=O) groups is 12. The van der Waals surface area contributed by atoms with Gasteiger partial charge in [0.05, 0.1) is 156 Å². The molecule has 2 rings (SSSR count). The van der Waals surface area contributed by atoms with Crippen molar-refractivity contribution in [2.45, 2.75) is 75.5 Å².